The van der Waals surface area contributed by atoms with Crippen molar-refractivity contribution in [2.24, 2.45) is 0 Å². The maximum atomic E-state index is 13.5. The number of carbonyl (C=O) groups is 2. The summed E-state index contributed by atoms with van der Waals surface area (Å²) >= 11 is 5.05. The van der Waals surface area contributed by atoms with E-state index in [1.807, 2.05) is 54.6 Å². The number of benzene rings is 3. The normalized spacial score (nSPS) is 11.6. The summed E-state index contributed by atoms with van der Waals surface area (Å²) in [6.45, 7) is 4.55. The lowest BCUT2D eigenvalue weighted by Gasteiger charge is -2.31. The number of nitrogens with one attached hydrogen (secondary N) is 1. The van der Waals surface area contributed by atoms with E-state index in [0.717, 1.165) is 21.4 Å². The SMILES string of the molecule is CNC(=O)[C@@H](Cc1ccccc1)N(Cc1ccc(Br)cc1)C(=O)CSCc1cc(C)cc(C)c1. The molecule has 3 rings (SSSR count). The summed E-state index contributed by atoms with van der Waals surface area (Å²) < 4.78 is 0.977. The highest BCUT2D eigenvalue weighted by Gasteiger charge is 2.29. The monoisotopic (exact) mass is 538 g/mol. The highest BCUT2D eigenvalue weighted by atomic mass is 79.9. The zero-order chi connectivity index (χ0) is 24.5. The van der Waals surface area contributed by atoms with Crippen molar-refractivity contribution in [1.29, 1.82) is 0 Å². The summed E-state index contributed by atoms with van der Waals surface area (Å²) in [5, 5.41) is 2.76. The Morgan fingerprint density at radius 1 is 0.912 bits per heavy atom. The Balaban J connectivity index is 1.80. The van der Waals surface area contributed by atoms with Gasteiger partial charge in [0.25, 0.3) is 0 Å². The standard InChI is InChI=1S/C28H31BrN2O2S/c1-20-13-21(2)15-24(14-20)18-34-19-27(32)31(17-23-9-11-25(29)12-10-23)26(28(33)30-3)16-22-7-5-4-6-8-22/h4-15,26H,16-19H2,1-3H3,(H,30,33)/t26-/m1/s1. The van der Waals surface area contributed by atoms with Gasteiger partial charge in [0.1, 0.15) is 6.04 Å². The van der Waals surface area contributed by atoms with Crippen LogP contribution in [-0.2, 0) is 28.3 Å². The maximum Gasteiger partial charge on any atom is 0.242 e. The van der Waals surface area contributed by atoms with E-state index in [2.05, 4.69) is 53.3 Å². The van der Waals surface area contributed by atoms with Crippen LogP contribution in [0.2, 0.25) is 0 Å². The summed E-state index contributed by atoms with van der Waals surface area (Å²) in [4.78, 5) is 28.2. The van der Waals surface area contributed by atoms with Crippen LogP contribution in [0.25, 0.3) is 0 Å². The van der Waals surface area contributed by atoms with E-state index in [0.29, 0.717) is 18.7 Å². The van der Waals surface area contributed by atoms with Crippen molar-refractivity contribution in [2.75, 3.05) is 12.8 Å². The molecule has 0 radical (unpaired) electrons. The molecule has 0 aromatic heterocycles. The molecule has 0 aliphatic rings. The summed E-state index contributed by atoms with van der Waals surface area (Å²) in [6.07, 6.45) is 0.463. The first kappa shape index (κ1) is 26.0. The molecule has 0 heterocycles. The third-order valence-electron chi connectivity index (χ3n) is 5.56. The fourth-order valence-electron chi connectivity index (χ4n) is 4.00. The lowest BCUT2D eigenvalue weighted by atomic mass is 10.0. The number of thioether (sulfide) groups is 1. The van der Waals surface area contributed by atoms with E-state index in [4.69, 9.17) is 0 Å². The topological polar surface area (TPSA) is 49.4 Å². The van der Waals surface area contributed by atoms with E-state index in [9.17, 15) is 9.59 Å². The molecule has 4 nitrogen and oxygen atoms in total. The molecule has 0 aliphatic heterocycles. The molecule has 3 aromatic rings. The lowest BCUT2D eigenvalue weighted by Crippen LogP contribution is -2.50. The average Bonchev–Trinajstić information content (AvgIpc) is 2.82. The molecule has 3 aromatic carbocycles. The summed E-state index contributed by atoms with van der Waals surface area (Å²) in [5.41, 5.74) is 5.66. The number of halogens is 1. The first-order chi connectivity index (χ1) is 16.4. The number of carbonyl (C=O) groups excluding carboxylic acids is 2. The Morgan fingerprint density at radius 2 is 1.56 bits per heavy atom. The predicted molar refractivity (Wildman–Crippen MR) is 145 cm³/mol. The average molecular weight is 540 g/mol. The van der Waals surface area contributed by atoms with Crippen molar-refractivity contribution in [3.63, 3.8) is 0 Å². The van der Waals surface area contributed by atoms with Crippen LogP contribution in [0, 0.1) is 13.8 Å². The first-order valence-corrected chi connectivity index (χ1v) is 13.2. The molecular formula is C28H31BrN2O2S. The lowest BCUT2D eigenvalue weighted by molar-refractivity contribution is -0.139. The van der Waals surface area contributed by atoms with Gasteiger partial charge in [0.2, 0.25) is 11.8 Å². The molecule has 0 spiro atoms. The fourth-order valence-corrected chi connectivity index (χ4v) is 5.11. The van der Waals surface area contributed by atoms with Crippen molar-refractivity contribution in [3.05, 3.63) is 105 Å². The van der Waals surface area contributed by atoms with Crippen LogP contribution < -0.4 is 5.32 Å². The van der Waals surface area contributed by atoms with Crippen molar-refractivity contribution >= 4 is 39.5 Å². The van der Waals surface area contributed by atoms with Crippen molar-refractivity contribution < 1.29 is 9.59 Å². The second-order valence-electron chi connectivity index (χ2n) is 8.46. The number of amides is 2. The van der Waals surface area contributed by atoms with Crippen LogP contribution in [-0.4, -0.2) is 35.6 Å². The molecule has 0 saturated heterocycles. The van der Waals surface area contributed by atoms with Gasteiger partial charge < -0.3 is 10.2 Å². The quantitative estimate of drug-likeness (QED) is 0.361. The number of hydrogen-bond donors (Lipinski definition) is 1. The minimum Gasteiger partial charge on any atom is -0.357 e. The molecule has 1 N–H and O–H groups in total. The molecule has 0 unspecified atom stereocenters. The third-order valence-corrected chi connectivity index (χ3v) is 7.08. The zero-order valence-corrected chi connectivity index (χ0v) is 22.3. The largest absolute Gasteiger partial charge is 0.357 e. The van der Waals surface area contributed by atoms with Gasteiger partial charge in [-0.3, -0.25) is 9.59 Å². The molecular weight excluding hydrogens is 508 g/mol. The van der Waals surface area contributed by atoms with Crippen LogP contribution in [0.4, 0.5) is 0 Å². The van der Waals surface area contributed by atoms with Crippen LogP contribution in [0.15, 0.2) is 77.3 Å². The van der Waals surface area contributed by atoms with Crippen LogP contribution >= 0.6 is 27.7 Å². The van der Waals surface area contributed by atoms with Gasteiger partial charge >= 0.3 is 0 Å². The Morgan fingerprint density at radius 3 is 2.18 bits per heavy atom. The fraction of sp³-hybridized carbons (Fsp3) is 0.286. The third kappa shape index (κ3) is 7.74. The number of likely N-dealkylation sites (N-methyl/N-ethyl adjacent to an activating group) is 1. The van der Waals surface area contributed by atoms with E-state index in [1.54, 1.807) is 23.7 Å². The molecule has 0 saturated carbocycles. The number of rotatable bonds is 10. The van der Waals surface area contributed by atoms with Gasteiger partial charge in [0.05, 0.1) is 5.75 Å². The molecule has 0 fully saturated rings. The van der Waals surface area contributed by atoms with Gasteiger partial charge in [-0.25, -0.2) is 0 Å². The summed E-state index contributed by atoms with van der Waals surface area (Å²) in [7, 11) is 1.62. The van der Waals surface area contributed by atoms with E-state index >= 15 is 0 Å². The Bertz CT molecular complexity index is 1080. The highest BCUT2D eigenvalue weighted by molar-refractivity contribution is 9.10. The van der Waals surface area contributed by atoms with Gasteiger partial charge in [-0.15, -0.1) is 11.8 Å². The molecule has 0 bridgehead atoms. The first-order valence-electron chi connectivity index (χ1n) is 11.3. The number of aryl methyl sites for hydroxylation is 2. The van der Waals surface area contributed by atoms with Gasteiger partial charge in [-0.2, -0.15) is 0 Å². The smallest absolute Gasteiger partial charge is 0.242 e. The van der Waals surface area contributed by atoms with Crippen molar-refractivity contribution in [3.8, 4) is 0 Å². The molecule has 2 amide bonds. The van der Waals surface area contributed by atoms with E-state index in [1.165, 1.54) is 16.7 Å². The van der Waals surface area contributed by atoms with E-state index < -0.39 is 6.04 Å². The highest BCUT2D eigenvalue weighted by Crippen LogP contribution is 2.20. The van der Waals surface area contributed by atoms with Crippen molar-refractivity contribution in [1.82, 2.24) is 10.2 Å². The van der Waals surface area contributed by atoms with E-state index in [-0.39, 0.29) is 11.8 Å². The Labute approximate surface area is 215 Å². The second kappa shape index (κ2) is 12.8. The van der Waals surface area contributed by atoms with Gasteiger partial charge in [0.15, 0.2) is 0 Å². The predicted octanol–water partition coefficient (Wildman–Crippen LogP) is 5.69. The van der Waals surface area contributed by atoms with Crippen LogP contribution in [0.1, 0.15) is 27.8 Å². The Kier molecular flexibility index (Phi) is 9.78. The number of hydrogen-bond acceptors (Lipinski definition) is 3. The Hall–Kier alpha value is -2.57. The van der Waals surface area contributed by atoms with Crippen LogP contribution in [0.5, 0.6) is 0 Å². The maximum absolute atomic E-state index is 13.5. The summed E-state index contributed by atoms with van der Waals surface area (Å²) in [6, 6.07) is 23.6. The number of nitrogens with zero attached hydrogens (tertiary/aromatic N) is 1. The van der Waals surface area contributed by atoms with Gasteiger partial charge in [0, 0.05) is 30.2 Å². The molecule has 1 atom stereocenters. The van der Waals surface area contributed by atoms with Gasteiger partial charge in [-0.05, 0) is 42.7 Å². The minimum atomic E-state index is -0.592. The summed E-state index contributed by atoms with van der Waals surface area (Å²) in [5.74, 6) is 0.866. The molecule has 34 heavy (non-hydrogen) atoms. The molecule has 6 heteroatoms. The van der Waals surface area contributed by atoms with Crippen molar-refractivity contribution in [2.45, 2.75) is 38.6 Å². The molecule has 0 aliphatic carbocycles. The van der Waals surface area contributed by atoms with Gasteiger partial charge in [-0.1, -0.05) is 87.7 Å². The zero-order valence-electron chi connectivity index (χ0n) is 19.9. The minimum absolute atomic E-state index is 0.0400. The molecule has 178 valence electrons. The van der Waals surface area contributed by atoms with Crippen LogP contribution in [0.3, 0.4) is 0 Å². The second-order valence-corrected chi connectivity index (χ2v) is 10.4.